The Labute approximate surface area is 77.9 Å². The van der Waals surface area contributed by atoms with Crippen LogP contribution in [0.25, 0.3) is 0 Å². The van der Waals surface area contributed by atoms with Gasteiger partial charge in [-0.15, -0.1) is 0 Å². The first-order valence-corrected chi connectivity index (χ1v) is 4.60. The molecule has 4 nitrogen and oxygen atoms in total. The highest BCUT2D eigenvalue weighted by atomic mass is 16.5. The van der Waals surface area contributed by atoms with Crippen LogP contribution in [0.1, 0.15) is 18.7 Å². The predicted octanol–water partition coefficient (Wildman–Crippen LogP) is 0.470. The van der Waals surface area contributed by atoms with E-state index in [9.17, 15) is 0 Å². The summed E-state index contributed by atoms with van der Waals surface area (Å²) in [5, 5.41) is 7.50. The lowest BCUT2D eigenvalue weighted by Gasteiger charge is -2.28. The summed E-state index contributed by atoms with van der Waals surface area (Å²) in [5.41, 5.74) is 1.14. The molecule has 1 aliphatic heterocycles. The van der Waals surface area contributed by atoms with Gasteiger partial charge in [0.25, 0.3) is 0 Å². The van der Waals surface area contributed by atoms with Gasteiger partial charge in [0.1, 0.15) is 6.10 Å². The van der Waals surface area contributed by atoms with Gasteiger partial charge in [0.2, 0.25) is 0 Å². The second kappa shape index (κ2) is 3.47. The Morgan fingerprint density at radius 2 is 2.54 bits per heavy atom. The monoisotopic (exact) mass is 181 g/mol. The van der Waals surface area contributed by atoms with Crippen molar-refractivity contribution in [2.45, 2.75) is 19.1 Å². The number of rotatable bonds is 1. The van der Waals surface area contributed by atoms with Gasteiger partial charge in [-0.25, -0.2) is 0 Å². The lowest BCUT2D eigenvalue weighted by atomic mass is 10.2. The molecule has 1 saturated heterocycles. The van der Waals surface area contributed by atoms with Crippen molar-refractivity contribution >= 4 is 0 Å². The van der Waals surface area contributed by atoms with Crippen LogP contribution >= 0.6 is 0 Å². The van der Waals surface area contributed by atoms with Crippen molar-refractivity contribution in [1.82, 2.24) is 15.1 Å². The van der Waals surface area contributed by atoms with Gasteiger partial charge in [0.15, 0.2) is 0 Å². The van der Waals surface area contributed by atoms with Crippen LogP contribution in [0.3, 0.4) is 0 Å². The van der Waals surface area contributed by atoms with Crippen molar-refractivity contribution in [3.05, 3.63) is 18.0 Å². The summed E-state index contributed by atoms with van der Waals surface area (Å²) in [6.45, 7) is 3.77. The molecule has 13 heavy (non-hydrogen) atoms. The van der Waals surface area contributed by atoms with E-state index in [0.717, 1.165) is 18.8 Å². The number of ether oxygens (including phenoxy) is 1. The van der Waals surface area contributed by atoms with Gasteiger partial charge in [-0.1, -0.05) is 0 Å². The third-order valence-corrected chi connectivity index (χ3v) is 2.39. The number of nitrogens with zero attached hydrogens (tertiary/aromatic N) is 2. The summed E-state index contributed by atoms with van der Waals surface area (Å²) in [6.07, 6.45) is 1.96. The SMILES string of the molecule is CC1COC(c2ccnn2C)CN1. The fourth-order valence-electron chi connectivity index (χ4n) is 1.58. The van der Waals surface area contributed by atoms with Crippen molar-refractivity contribution in [3.63, 3.8) is 0 Å². The van der Waals surface area contributed by atoms with E-state index in [1.54, 1.807) is 6.20 Å². The average molecular weight is 181 g/mol. The van der Waals surface area contributed by atoms with E-state index in [1.165, 1.54) is 0 Å². The van der Waals surface area contributed by atoms with Crippen LogP contribution in [0.2, 0.25) is 0 Å². The zero-order valence-electron chi connectivity index (χ0n) is 8.03. The van der Waals surface area contributed by atoms with E-state index >= 15 is 0 Å². The zero-order chi connectivity index (χ0) is 9.26. The molecule has 4 heteroatoms. The van der Waals surface area contributed by atoms with Gasteiger partial charge >= 0.3 is 0 Å². The third kappa shape index (κ3) is 1.73. The first-order valence-electron chi connectivity index (χ1n) is 4.60. The minimum Gasteiger partial charge on any atom is -0.369 e. The predicted molar refractivity (Wildman–Crippen MR) is 49.4 cm³/mol. The van der Waals surface area contributed by atoms with Crippen molar-refractivity contribution in [2.24, 2.45) is 7.05 Å². The molecular formula is C9H15N3O. The molecule has 1 N–H and O–H groups in total. The third-order valence-electron chi connectivity index (χ3n) is 2.39. The van der Waals surface area contributed by atoms with Gasteiger partial charge in [-0.05, 0) is 13.0 Å². The van der Waals surface area contributed by atoms with Gasteiger partial charge in [-0.3, -0.25) is 4.68 Å². The highest BCUT2D eigenvalue weighted by Gasteiger charge is 2.21. The minimum absolute atomic E-state index is 0.156. The van der Waals surface area contributed by atoms with Crippen molar-refractivity contribution in [1.29, 1.82) is 0 Å². The van der Waals surface area contributed by atoms with Crippen molar-refractivity contribution < 1.29 is 4.74 Å². The second-order valence-corrected chi connectivity index (χ2v) is 3.51. The lowest BCUT2D eigenvalue weighted by molar-refractivity contribution is 0.00248. The average Bonchev–Trinajstić information content (AvgIpc) is 2.53. The van der Waals surface area contributed by atoms with E-state index < -0.39 is 0 Å². The van der Waals surface area contributed by atoms with Crippen LogP contribution in [0.5, 0.6) is 0 Å². The molecule has 0 saturated carbocycles. The molecule has 0 spiro atoms. The zero-order valence-corrected chi connectivity index (χ0v) is 8.03. The molecule has 72 valence electrons. The largest absolute Gasteiger partial charge is 0.369 e. The molecule has 0 aromatic carbocycles. The quantitative estimate of drug-likeness (QED) is 0.684. The first-order chi connectivity index (χ1) is 6.27. The molecule has 2 heterocycles. The number of nitrogens with one attached hydrogen (secondary N) is 1. The highest BCUT2D eigenvalue weighted by molar-refractivity contribution is 5.06. The van der Waals surface area contributed by atoms with E-state index in [-0.39, 0.29) is 6.10 Å². The van der Waals surface area contributed by atoms with Crippen LogP contribution < -0.4 is 5.32 Å². The van der Waals surface area contributed by atoms with Crippen molar-refractivity contribution in [3.8, 4) is 0 Å². The maximum absolute atomic E-state index is 5.69. The normalized spacial score (nSPS) is 29.1. The Kier molecular flexibility index (Phi) is 2.33. The summed E-state index contributed by atoms with van der Waals surface area (Å²) in [7, 11) is 1.94. The van der Waals surface area contributed by atoms with Crippen LogP contribution in [-0.2, 0) is 11.8 Å². The molecule has 1 aromatic heterocycles. The summed E-state index contributed by atoms with van der Waals surface area (Å²) in [5.74, 6) is 0. The number of morpholine rings is 1. The fraction of sp³-hybridized carbons (Fsp3) is 0.667. The molecule has 1 aromatic rings. The number of hydrogen-bond donors (Lipinski definition) is 1. The fourth-order valence-corrected chi connectivity index (χ4v) is 1.58. The molecule has 0 bridgehead atoms. The minimum atomic E-state index is 0.156. The molecule has 0 radical (unpaired) electrons. The van der Waals surface area contributed by atoms with E-state index in [1.807, 2.05) is 17.8 Å². The molecule has 1 fully saturated rings. The Balaban J connectivity index is 2.06. The lowest BCUT2D eigenvalue weighted by Crippen LogP contribution is -2.41. The van der Waals surface area contributed by atoms with Gasteiger partial charge < -0.3 is 10.1 Å². The number of hydrogen-bond acceptors (Lipinski definition) is 3. The molecule has 1 aliphatic rings. The maximum atomic E-state index is 5.69. The summed E-state index contributed by atoms with van der Waals surface area (Å²) in [6, 6.07) is 2.46. The summed E-state index contributed by atoms with van der Waals surface area (Å²) >= 11 is 0. The molecule has 2 rings (SSSR count). The standard InChI is InChI=1S/C9H15N3O/c1-7-6-13-9(5-10-7)8-3-4-11-12(8)2/h3-4,7,9-10H,5-6H2,1-2H3. The van der Waals surface area contributed by atoms with Crippen LogP contribution in [0.15, 0.2) is 12.3 Å². The molecule has 0 amide bonds. The smallest absolute Gasteiger partial charge is 0.112 e. The van der Waals surface area contributed by atoms with Gasteiger partial charge in [0.05, 0.1) is 12.3 Å². The van der Waals surface area contributed by atoms with Gasteiger partial charge in [0, 0.05) is 25.8 Å². The Hall–Kier alpha value is -0.870. The molecular weight excluding hydrogens is 166 g/mol. The Morgan fingerprint density at radius 3 is 3.08 bits per heavy atom. The number of aryl methyl sites for hydroxylation is 1. The van der Waals surface area contributed by atoms with Crippen molar-refractivity contribution in [2.75, 3.05) is 13.2 Å². The van der Waals surface area contributed by atoms with Gasteiger partial charge in [-0.2, -0.15) is 5.10 Å². The van der Waals surface area contributed by atoms with Crippen LogP contribution in [0, 0.1) is 0 Å². The molecule has 2 unspecified atom stereocenters. The molecule has 2 atom stereocenters. The van der Waals surface area contributed by atoms with Crippen LogP contribution in [-0.4, -0.2) is 29.0 Å². The number of aromatic nitrogens is 2. The maximum Gasteiger partial charge on any atom is 0.112 e. The molecule has 0 aliphatic carbocycles. The highest BCUT2D eigenvalue weighted by Crippen LogP contribution is 2.18. The topological polar surface area (TPSA) is 39.1 Å². The van der Waals surface area contributed by atoms with E-state index in [2.05, 4.69) is 17.3 Å². The summed E-state index contributed by atoms with van der Waals surface area (Å²) < 4.78 is 7.56. The Bertz CT molecular complexity index is 276. The Morgan fingerprint density at radius 1 is 1.69 bits per heavy atom. The van der Waals surface area contributed by atoms with Crippen LogP contribution in [0.4, 0.5) is 0 Å². The first kappa shape index (κ1) is 8.72. The summed E-state index contributed by atoms with van der Waals surface area (Å²) in [4.78, 5) is 0. The second-order valence-electron chi connectivity index (χ2n) is 3.51. The van der Waals surface area contributed by atoms with E-state index in [0.29, 0.717) is 6.04 Å². The van der Waals surface area contributed by atoms with E-state index in [4.69, 9.17) is 4.74 Å².